The first-order chi connectivity index (χ1) is 12.1. The minimum absolute atomic E-state index is 0.154. The van der Waals surface area contributed by atoms with Gasteiger partial charge in [-0.05, 0) is 26.8 Å². The minimum Gasteiger partial charge on any atom is -0.379 e. The van der Waals surface area contributed by atoms with Crippen LogP contribution in [0.4, 0.5) is 0 Å². The molecule has 1 saturated heterocycles. The van der Waals surface area contributed by atoms with Crippen molar-refractivity contribution in [2.45, 2.75) is 20.3 Å². The quantitative estimate of drug-likeness (QED) is 0.789. The van der Waals surface area contributed by atoms with Gasteiger partial charge < -0.3 is 14.6 Å². The zero-order valence-electron chi connectivity index (χ0n) is 15.0. The van der Waals surface area contributed by atoms with E-state index in [2.05, 4.69) is 20.5 Å². The predicted molar refractivity (Wildman–Crippen MR) is 92.4 cm³/mol. The summed E-state index contributed by atoms with van der Waals surface area (Å²) in [6.07, 6.45) is 2.75. The van der Waals surface area contributed by atoms with Gasteiger partial charge in [0.05, 0.1) is 18.9 Å². The maximum absolute atomic E-state index is 12.6. The van der Waals surface area contributed by atoms with Crippen LogP contribution >= 0.6 is 0 Å². The summed E-state index contributed by atoms with van der Waals surface area (Å²) in [4.78, 5) is 15.0. The largest absolute Gasteiger partial charge is 0.379 e. The third-order valence-electron chi connectivity index (χ3n) is 4.40. The Balaban J connectivity index is 1.60. The molecule has 8 heteroatoms. The molecule has 8 nitrogen and oxygen atoms in total. The molecule has 2 aromatic heterocycles. The van der Waals surface area contributed by atoms with Gasteiger partial charge in [0, 0.05) is 38.4 Å². The fourth-order valence-electron chi connectivity index (χ4n) is 3.07. The molecule has 3 rings (SSSR count). The standard InChI is InChI=1S/C17H25N5O3/c1-12-14(11-21(3)19-12)16-15(13(2)25-20-16)17(23)18-5-4-6-22-7-9-24-10-8-22/h11H,4-10H2,1-3H3,(H,18,23). The average Bonchev–Trinajstić information content (AvgIpc) is 3.14. The Morgan fingerprint density at radius 2 is 2.08 bits per heavy atom. The van der Waals surface area contributed by atoms with Crippen LogP contribution in [0.1, 0.15) is 28.2 Å². The van der Waals surface area contributed by atoms with Crippen LogP contribution in [0.2, 0.25) is 0 Å². The van der Waals surface area contributed by atoms with E-state index < -0.39 is 0 Å². The molecule has 0 atom stereocenters. The van der Waals surface area contributed by atoms with E-state index in [0.29, 0.717) is 23.6 Å². The maximum atomic E-state index is 12.6. The van der Waals surface area contributed by atoms with Crippen LogP contribution in [-0.2, 0) is 11.8 Å². The summed E-state index contributed by atoms with van der Waals surface area (Å²) in [5.74, 6) is 0.364. The lowest BCUT2D eigenvalue weighted by molar-refractivity contribution is 0.0374. The number of carbonyl (C=O) groups is 1. The van der Waals surface area contributed by atoms with Gasteiger partial charge in [-0.3, -0.25) is 14.4 Å². The van der Waals surface area contributed by atoms with Gasteiger partial charge >= 0.3 is 0 Å². The van der Waals surface area contributed by atoms with Gasteiger partial charge in [0.15, 0.2) is 0 Å². The minimum atomic E-state index is -0.154. The lowest BCUT2D eigenvalue weighted by atomic mass is 10.1. The van der Waals surface area contributed by atoms with Gasteiger partial charge in [-0.25, -0.2) is 0 Å². The highest BCUT2D eigenvalue weighted by atomic mass is 16.5. The van der Waals surface area contributed by atoms with Crippen LogP contribution in [0, 0.1) is 13.8 Å². The van der Waals surface area contributed by atoms with Crippen LogP contribution in [0.3, 0.4) is 0 Å². The van der Waals surface area contributed by atoms with Gasteiger partial charge in [0.2, 0.25) is 0 Å². The van der Waals surface area contributed by atoms with Crippen molar-refractivity contribution in [3.05, 3.63) is 23.2 Å². The summed E-state index contributed by atoms with van der Waals surface area (Å²) >= 11 is 0. The lowest BCUT2D eigenvalue weighted by Gasteiger charge is -2.26. The molecule has 1 amide bonds. The Morgan fingerprint density at radius 1 is 1.32 bits per heavy atom. The van der Waals surface area contributed by atoms with E-state index in [-0.39, 0.29) is 5.91 Å². The summed E-state index contributed by atoms with van der Waals surface area (Å²) in [5.41, 5.74) is 2.67. The van der Waals surface area contributed by atoms with Gasteiger partial charge in [0.1, 0.15) is 17.0 Å². The third kappa shape index (κ3) is 4.08. The van der Waals surface area contributed by atoms with Crippen molar-refractivity contribution in [2.75, 3.05) is 39.4 Å². The summed E-state index contributed by atoms with van der Waals surface area (Å²) in [6, 6.07) is 0. The second-order valence-corrected chi connectivity index (χ2v) is 6.33. The summed E-state index contributed by atoms with van der Waals surface area (Å²) in [5, 5.41) is 11.4. The van der Waals surface area contributed by atoms with Crippen molar-refractivity contribution in [2.24, 2.45) is 7.05 Å². The van der Waals surface area contributed by atoms with E-state index in [9.17, 15) is 4.79 Å². The van der Waals surface area contributed by atoms with Crippen LogP contribution in [-0.4, -0.2) is 65.1 Å². The van der Waals surface area contributed by atoms with Crippen LogP contribution in [0.5, 0.6) is 0 Å². The molecule has 1 fully saturated rings. The number of hydrogen-bond acceptors (Lipinski definition) is 6. The predicted octanol–water partition coefficient (Wildman–Crippen LogP) is 1.14. The maximum Gasteiger partial charge on any atom is 0.257 e. The number of hydrogen-bond donors (Lipinski definition) is 1. The van der Waals surface area contributed by atoms with Crippen molar-refractivity contribution < 1.29 is 14.1 Å². The number of nitrogens with zero attached hydrogens (tertiary/aromatic N) is 4. The smallest absolute Gasteiger partial charge is 0.257 e. The molecule has 136 valence electrons. The molecule has 0 bridgehead atoms. The molecule has 1 aliphatic rings. The monoisotopic (exact) mass is 347 g/mol. The summed E-state index contributed by atoms with van der Waals surface area (Å²) < 4.78 is 12.3. The molecule has 2 aromatic rings. The molecular weight excluding hydrogens is 322 g/mol. The Labute approximate surface area is 147 Å². The second-order valence-electron chi connectivity index (χ2n) is 6.33. The topological polar surface area (TPSA) is 85.4 Å². The number of carbonyl (C=O) groups excluding carboxylic acids is 1. The van der Waals surface area contributed by atoms with Crippen molar-refractivity contribution in [3.8, 4) is 11.3 Å². The molecular formula is C17H25N5O3. The van der Waals surface area contributed by atoms with E-state index in [1.807, 2.05) is 20.2 Å². The Bertz CT molecular complexity index is 731. The Morgan fingerprint density at radius 3 is 2.76 bits per heavy atom. The Kier molecular flexibility index (Phi) is 5.50. The first-order valence-electron chi connectivity index (χ1n) is 8.61. The number of aryl methyl sites for hydroxylation is 3. The highest BCUT2D eigenvalue weighted by molar-refractivity contribution is 6.00. The fourth-order valence-corrected chi connectivity index (χ4v) is 3.07. The number of nitrogens with one attached hydrogen (secondary N) is 1. The molecule has 0 unspecified atom stereocenters. The molecule has 0 aliphatic carbocycles. The molecule has 0 spiro atoms. The van der Waals surface area contributed by atoms with Gasteiger partial charge in [-0.2, -0.15) is 5.10 Å². The third-order valence-corrected chi connectivity index (χ3v) is 4.40. The van der Waals surface area contributed by atoms with E-state index in [1.54, 1.807) is 11.6 Å². The number of aromatic nitrogens is 3. The van der Waals surface area contributed by atoms with Crippen molar-refractivity contribution >= 4 is 5.91 Å². The SMILES string of the molecule is Cc1nn(C)cc1-c1noc(C)c1C(=O)NCCCN1CCOCC1. The highest BCUT2D eigenvalue weighted by Crippen LogP contribution is 2.27. The average molecular weight is 347 g/mol. The van der Waals surface area contributed by atoms with Crippen LogP contribution in [0.15, 0.2) is 10.7 Å². The number of rotatable bonds is 6. The van der Waals surface area contributed by atoms with Crippen molar-refractivity contribution in [1.82, 2.24) is 25.2 Å². The van der Waals surface area contributed by atoms with E-state index in [4.69, 9.17) is 9.26 Å². The molecule has 25 heavy (non-hydrogen) atoms. The number of ether oxygens (including phenoxy) is 1. The van der Waals surface area contributed by atoms with Crippen molar-refractivity contribution in [1.29, 1.82) is 0 Å². The lowest BCUT2D eigenvalue weighted by Crippen LogP contribution is -2.38. The molecule has 1 aliphatic heterocycles. The zero-order chi connectivity index (χ0) is 17.8. The van der Waals surface area contributed by atoms with Crippen LogP contribution < -0.4 is 5.32 Å². The summed E-state index contributed by atoms with van der Waals surface area (Å²) in [7, 11) is 1.84. The highest BCUT2D eigenvalue weighted by Gasteiger charge is 2.23. The van der Waals surface area contributed by atoms with E-state index in [0.717, 1.165) is 50.5 Å². The second kappa shape index (κ2) is 7.79. The molecule has 0 radical (unpaired) electrons. The molecule has 0 aromatic carbocycles. The number of amides is 1. The summed E-state index contributed by atoms with van der Waals surface area (Å²) in [6.45, 7) is 8.73. The zero-order valence-corrected chi connectivity index (χ0v) is 15.0. The Hall–Kier alpha value is -2.19. The van der Waals surface area contributed by atoms with Gasteiger partial charge in [-0.1, -0.05) is 5.16 Å². The molecule has 1 N–H and O–H groups in total. The number of morpholine rings is 1. The normalized spacial score (nSPS) is 15.5. The first-order valence-corrected chi connectivity index (χ1v) is 8.61. The van der Waals surface area contributed by atoms with E-state index in [1.165, 1.54) is 0 Å². The van der Waals surface area contributed by atoms with Crippen molar-refractivity contribution in [3.63, 3.8) is 0 Å². The van der Waals surface area contributed by atoms with Crippen LogP contribution in [0.25, 0.3) is 11.3 Å². The molecule has 3 heterocycles. The first kappa shape index (κ1) is 17.6. The fraction of sp³-hybridized carbons (Fsp3) is 0.588. The molecule has 0 saturated carbocycles. The van der Waals surface area contributed by atoms with Gasteiger partial charge in [-0.15, -0.1) is 0 Å². The van der Waals surface area contributed by atoms with Gasteiger partial charge in [0.25, 0.3) is 5.91 Å². The van der Waals surface area contributed by atoms with E-state index >= 15 is 0 Å².